The van der Waals surface area contributed by atoms with Crippen molar-refractivity contribution >= 4 is 10.0 Å². The number of hydrogen-bond donors (Lipinski definition) is 0. The van der Waals surface area contributed by atoms with Crippen molar-refractivity contribution in [2.24, 2.45) is 17.8 Å². The molecule has 2 fully saturated rings. The Balaban J connectivity index is 1.80. The number of hydrogen-bond acceptors (Lipinski definition) is 3. The van der Waals surface area contributed by atoms with Crippen molar-refractivity contribution in [1.29, 1.82) is 5.26 Å². The molecule has 4 nitrogen and oxygen atoms in total. The summed E-state index contributed by atoms with van der Waals surface area (Å²) in [6.07, 6.45) is 4.99. The van der Waals surface area contributed by atoms with Gasteiger partial charge in [0.15, 0.2) is 0 Å². The van der Waals surface area contributed by atoms with Crippen molar-refractivity contribution < 1.29 is 8.42 Å². The molecule has 0 heterocycles. The lowest BCUT2D eigenvalue weighted by atomic mass is 9.89. The lowest BCUT2D eigenvalue weighted by Crippen LogP contribution is -2.34. The highest BCUT2D eigenvalue weighted by Gasteiger charge is 2.41. The van der Waals surface area contributed by atoms with E-state index in [2.05, 4.69) is 0 Å². The summed E-state index contributed by atoms with van der Waals surface area (Å²) < 4.78 is 26.8. The zero-order valence-corrected chi connectivity index (χ0v) is 13.0. The molecule has 112 valence electrons. The molecule has 5 heteroatoms. The molecule has 0 saturated heterocycles. The van der Waals surface area contributed by atoms with E-state index >= 15 is 0 Å². The number of nitrogens with zero attached hydrogens (tertiary/aromatic N) is 2. The molecule has 1 aromatic carbocycles. The molecule has 0 aliphatic heterocycles. The summed E-state index contributed by atoms with van der Waals surface area (Å²) in [6.45, 7) is 0.573. The van der Waals surface area contributed by atoms with Crippen LogP contribution in [0.25, 0.3) is 0 Å². The molecular weight excluding hydrogens is 284 g/mol. The van der Waals surface area contributed by atoms with Gasteiger partial charge in [-0.25, -0.2) is 12.7 Å². The second kappa shape index (κ2) is 5.43. The van der Waals surface area contributed by atoms with Crippen molar-refractivity contribution in [1.82, 2.24) is 4.31 Å². The molecule has 0 radical (unpaired) electrons. The Bertz CT molecular complexity index is 678. The largest absolute Gasteiger partial charge is 0.244 e. The molecule has 21 heavy (non-hydrogen) atoms. The molecule has 3 unspecified atom stereocenters. The third-order valence-corrected chi connectivity index (χ3v) is 6.95. The van der Waals surface area contributed by atoms with E-state index in [0.29, 0.717) is 18.4 Å². The summed E-state index contributed by atoms with van der Waals surface area (Å²) in [5.41, 5.74) is 0.220. The van der Waals surface area contributed by atoms with E-state index in [1.807, 2.05) is 6.07 Å². The van der Waals surface area contributed by atoms with Gasteiger partial charge < -0.3 is 0 Å². The highest BCUT2D eigenvalue weighted by atomic mass is 32.2. The van der Waals surface area contributed by atoms with Crippen LogP contribution in [-0.4, -0.2) is 26.3 Å². The molecule has 2 aliphatic rings. The summed E-state index contributed by atoms with van der Waals surface area (Å²) in [7, 11) is -1.94. The van der Waals surface area contributed by atoms with Gasteiger partial charge in [-0.1, -0.05) is 18.6 Å². The SMILES string of the molecule is CN(CC1CC2CCC1C2)S(=O)(=O)c1ccccc1C#N. The molecule has 0 N–H and O–H groups in total. The van der Waals surface area contributed by atoms with E-state index in [0.717, 1.165) is 12.3 Å². The summed E-state index contributed by atoms with van der Waals surface area (Å²) in [5.74, 6) is 1.99. The van der Waals surface area contributed by atoms with E-state index in [9.17, 15) is 8.42 Å². The first-order valence-corrected chi connectivity index (χ1v) is 8.92. The van der Waals surface area contributed by atoms with Crippen LogP contribution in [0.4, 0.5) is 0 Å². The Labute approximate surface area is 126 Å². The van der Waals surface area contributed by atoms with Crippen LogP contribution in [-0.2, 0) is 10.0 Å². The van der Waals surface area contributed by atoms with Crippen LogP contribution in [0.15, 0.2) is 29.2 Å². The summed E-state index contributed by atoms with van der Waals surface area (Å²) >= 11 is 0. The van der Waals surface area contributed by atoms with Gasteiger partial charge in [-0.2, -0.15) is 5.26 Å². The van der Waals surface area contributed by atoms with Gasteiger partial charge in [-0.3, -0.25) is 0 Å². The maximum absolute atomic E-state index is 12.7. The first-order chi connectivity index (χ1) is 10.0. The second-order valence-corrected chi connectivity index (χ2v) is 8.34. The molecular formula is C16H20N2O2S. The van der Waals surface area contributed by atoms with Crippen molar-refractivity contribution in [2.75, 3.05) is 13.6 Å². The Kier molecular flexibility index (Phi) is 3.76. The first-order valence-electron chi connectivity index (χ1n) is 7.48. The lowest BCUT2D eigenvalue weighted by Gasteiger charge is -2.27. The first kappa shape index (κ1) is 14.6. The summed E-state index contributed by atoms with van der Waals surface area (Å²) in [5, 5.41) is 9.10. The predicted molar refractivity (Wildman–Crippen MR) is 79.9 cm³/mol. The minimum absolute atomic E-state index is 0.123. The van der Waals surface area contributed by atoms with E-state index < -0.39 is 10.0 Å². The van der Waals surface area contributed by atoms with Crippen LogP contribution in [0.5, 0.6) is 0 Å². The predicted octanol–water partition coefficient (Wildman–Crippen LogP) is 2.61. The van der Waals surface area contributed by atoms with Gasteiger partial charge in [0.25, 0.3) is 0 Å². The highest BCUT2D eigenvalue weighted by Crippen LogP contribution is 2.48. The number of nitriles is 1. The molecule has 0 aromatic heterocycles. The molecule has 1 aromatic rings. The Morgan fingerprint density at radius 2 is 2.05 bits per heavy atom. The lowest BCUT2D eigenvalue weighted by molar-refractivity contribution is 0.280. The molecule has 0 spiro atoms. The number of sulfonamides is 1. The molecule has 2 aliphatic carbocycles. The Morgan fingerprint density at radius 1 is 1.29 bits per heavy atom. The topological polar surface area (TPSA) is 61.2 Å². The highest BCUT2D eigenvalue weighted by molar-refractivity contribution is 7.89. The van der Waals surface area contributed by atoms with Crippen molar-refractivity contribution in [2.45, 2.75) is 30.6 Å². The zero-order valence-electron chi connectivity index (χ0n) is 12.2. The average molecular weight is 304 g/mol. The third-order valence-electron chi connectivity index (χ3n) is 5.07. The van der Waals surface area contributed by atoms with Crippen molar-refractivity contribution in [3.8, 4) is 6.07 Å². The molecule has 2 saturated carbocycles. The molecule has 3 atom stereocenters. The fourth-order valence-electron chi connectivity index (χ4n) is 3.98. The maximum atomic E-state index is 12.7. The minimum atomic E-state index is -3.58. The quantitative estimate of drug-likeness (QED) is 0.859. The van der Waals surface area contributed by atoms with E-state index in [-0.39, 0.29) is 10.5 Å². The van der Waals surface area contributed by atoms with Gasteiger partial charge in [0.2, 0.25) is 10.0 Å². The normalized spacial score (nSPS) is 28.0. The molecule has 0 amide bonds. The zero-order chi connectivity index (χ0) is 15.0. The number of benzene rings is 1. The van der Waals surface area contributed by atoms with Gasteiger partial charge in [-0.05, 0) is 49.1 Å². The third kappa shape index (κ3) is 2.58. The summed E-state index contributed by atoms with van der Waals surface area (Å²) in [6, 6.07) is 8.40. The van der Waals surface area contributed by atoms with Crippen LogP contribution >= 0.6 is 0 Å². The van der Waals surface area contributed by atoms with Crippen LogP contribution in [0.3, 0.4) is 0 Å². The van der Waals surface area contributed by atoms with Crippen molar-refractivity contribution in [3.05, 3.63) is 29.8 Å². The Hall–Kier alpha value is -1.38. The van der Waals surface area contributed by atoms with E-state index in [4.69, 9.17) is 5.26 Å². The number of fused-ring (bicyclic) bond motifs is 2. The van der Waals surface area contributed by atoms with Gasteiger partial charge in [0.05, 0.1) is 10.5 Å². The smallest absolute Gasteiger partial charge is 0.207 e. The van der Waals surface area contributed by atoms with Crippen molar-refractivity contribution in [3.63, 3.8) is 0 Å². The van der Waals surface area contributed by atoms with Crippen LogP contribution in [0, 0.1) is 29.1 Å². The van der Waals surface area contributed by atoms with Gasteiger partial charge in [0.1, 0.15) is 6.07 Å². The fourth-order valence-corrected chi connectivity index (χ4v) is 5.35. The van der Waals surface area contributed by atoms with Crippen LogP contribution in [0.1, 0.15) is 31.2 Å². The average Bonchev–Trinajstić information content (AvgIpc) is 3.09. The summed E-state index contributed by atoms with van der Waals surface area (Å²) in [4.78, 5) is 0.123. The van der Waals surface area contributed by atoms with E-state index in [1.165, 1.54) is 29.6 Å². The van der Waals surface area contributed by atoms with E-state index in [1.54, 1.807) is 25.2 Å². The Morgan fingerprint density at radius 3 is 2.67 bits per heavy atom. The standard InChI is InChI=1S/C16H20N2O2S/c1-18(11-15-9-12-6-7-13(15)8-12)21(19,20)16-5-3-2-4-14(16)10-17/h2-5,12-13,15H,6-9,11H2,1H3. The van der Waals surface area contributed by atoms with Crippen LogP contribution < -0.4 is 0 Å². The van der Waals surface area contributed by atoms with Gasteiger partial charge in [0, 0.05) is 13.6 Å². The fraction of sp³-hybridized carbons (Fsp3) is 0.562. The maximum Gasteiger partial charge on any atom is 0.244 e. The van der Waals surface area contributed by atoms with Gasteiger partial charge >= 0.3 is 0 Å². The monoisotopic (exact) mass is 304 g/mol. The van der Waals surface area contributed by atoms with Crippen LogP contribution in [0.2, 0.25) is 0 Å². The minimum Gasteiger partial charge on any atom is -0.207 e. The molecule has 3 rings (SSSR count). The van der Waals surface area contributed by atoms with Gasteiger partial charge in [-0.15, -0.1) is 0 Å². The second-order valence-electron chi connectivity index (χ2n) is 6.33. The molecule has 2 bridgehead atoms. The number of rotatable bonds is 4.